The lowest BCUT2D eigenvalue weighted by Gasteiger charge is -2.22. The third-order valence-electron chi connectivity index (χ3n) is 8.08. The number of benzene rings is 4. The molecule has 2 aromatic heterocycles. The van der Waals surface area contributed by atoms with Crippen molar-refractivity contribution in [1.82, 2.24) is 20.3 Å². The van der Waals surface area contributed by atoms with E-state index in [2.05, 4.69) is 51.5 Å². The van der Waals surface area contributed by atoms with Crippen molar-refractivity contribution < 1.29 is 14.0 Å². The van der Waals surface area contributed by atoms with Crippen LogP contribution in [-0.2, 0) is 28.9 Å². The molecule has 0 spiro atoms. The van der Waals surface area contributed by atoms with Gasteiger partial charge in [-0.05, 0) is 79.6 Å². The number of amides is 1. The Labute approximate surface area is 266 Å². The predicted molar refractivity (Wildman–Crippen MR) is 180 cm³/mol. The summed E-state index contributed by atoms with van der Waals surface area (Å²) in [6, 6.07) is 26.0. The van der Waals surface area contributed by atoms with Gasteiger partial charge in [-0.15, -0.1) is 0 Å². The molecule has 1 aliphatic carbocycles. The minimum atomic E-state index is -0.394. The van der Waals surface area contributed by atoms with Gasteiger partial charge >= 0.3 is 11.4 Å². The molecule has 1 aliphatic heterocycles. The molecule has 0 saturated heterocycles. The molecule has 0 bridgehead atoms. The van der Waals surface area contributed by atoms with E-state index in [0.29, 0.717) is 24.2 Å². The Balaban J connectivity index is 0.000000121. The van der Waals surface area contributed by atoms with Crippen LogP contribution in [0.3, 0.4) is 0 Å². The number of carbonyl (C=O) groups is 2. The van der Waals surface area contributed by atoms with Gasteiger partial charge in [0.05, 0.1) is 29.0 Å². The van der Waals surface area contributed by atoms with Crippen molar-refractivity contribution in [2.45, 2.75) is 59.4 Å². The smallest absolute Gasteiger partial charge is 0.408 e. The molecule has 3 heterocycles. The molecule has 46 heavy (non-hydrogen) atoms. The summed E-state index contributed by atoms with van der Waals surface area (Å²) in [6.07, 6.45) is 2.85. The minimum Gasteiger partial charge on any atom is -0.408 e. The number of nitrogens with one attached hydrogen (secondary N) is 4. The first-order valence-electron chi connectivity index (χ1n) is 15.3. The standard InChI is InChI=1S/C11H12O.C10H11NO.C8H8N2O.C8H7NO2/c1-8-2-3-9-4-5-11(12)7-10(9)6-8;1-7-9-5-3-2-4-8(9)6-10(12)11-7;1-5-3-2-4-6-7(5)10-8(11)9-6;1-5-3-2-4-6-7(5)11-8(10)9-6/h2-3,6H,4-5,7H2,1H3;2-5,7H,6H2,1H3,(H,11,12);2-4H,1H3,(H2,9,10,11);2-4H,1H3,(H,9,10)/t;7-;;/m.1../s1. The summed E-state index contributed by atoms with van der Waals surface area (Å²) in [5, 5.41) is 2.90. The van der Waals surface area contributed by atoms with Crippen LogP contribution in [0.5, 0.6) is 0 Å². The number of aromatic amines is 3. The van der Waals surface area contributed by atoms with Crippen molar-refractivity contribution in [1.29, 1.82) is 0 Å². The van der Waals surface area contributed by atoms with Crippen LogP contribution in [0.15, 0.2) is 92.9 Å². The highest BCUT2D eigenvalue weighted by Gasteiger charge is 2.19. The van der Waals surface area contributed by atoms with E-state index < -0.39 is 5.76 Å². The van der Waals surface area contributed by atoms with Crippen LogP contribution >= 0.6 is 0 Å². The van der Waals surface area contributed by atoms with Crippen LogP contribution < -0.4 is 16.8 Å². The lowest BCUT2D eigenvalue weighted by Crippen LogP contribution is -2.33. The quantitative estimate of drug-likeness (QED) is 0.164. The van der Waals surface area contributed by atoms with Gasteiger partial charge in [-0.2, -0.15) is 0 Å². The molecule has 0 radical (unpaired) electrons. The van der Waals surface area contributed by atoms with E-state index in [9.17, 15) is 19.2 Å². The molecule has 236 valence electrons. The van der Waals surface area contributed by atoms with E-state index in [0.717, 1.165) is 46.1 Å². The fourth-order valence-corrected chi connectivity index (χ4v) is 5.72. The number of aromatic nitrogens is 3. The number of aryl methyl sites for hydroxylation is 4. The summed E-state index contributed by atoms with van der Waals surface area (Å²) >= 11 is 0. The third kappa shape index (κ3) is 7.79. The zero-order chi connectivity index (χ0) is 32.8. The summed E-state index contributed by atoms with van der Waals surface area (Å²) in [7, 11) is 0. The normalized spacial score (nSPS) is 14.8. The average Bonchev–Trinajstić information content (AvgIpc) is 3.60. The average molecular weight is 619 g/mol. The zero-order valence-electron chi connectivity index (χ0n) is 26.5. The second-order valence-electron chi connectivity index (χ2n) is 11.7. The SMILES string of the molecule is C[C@H]1NC(=O)Cc2ccccc21.Cc1ccc2c(c1)CC(=O)CC2.Cc1cccc2[nH]c(=O)[nH]c12.Cc1cccc2[nH]c(=O)oc12. The van der Waals surface area contributed by atoms with Crippen LogP contribution in [0, 0.1) is 20.8 Å². The van der Waals surface area contributed by atoms with Gasteiger partial charge in [-0.1, -0.05) is 72.3 Å². The van der Waals surface area contributed by atoms with Gasteiger partial charge in [-0.3, -0.25) is 14.6 Å². The Morgan fingerprint density at radius 2 is 1.41 bits per heavy atom. The van der Waals surface area contributed by atoms with E-state index in [4.69, 9.17) is 4.42 Å². The molecular formula is C37H38N4O5. The molecule has 9 heteroatoms. The van der Waals surface area contributed by atoms with E-state index in [1.807, 2.05) is 75.4 Å². The summed E-state index contributed by atoms with van der Waals surface area (Å²) in [6.45, 7) is 7.94. The highest BCUT2D eigenvalue weighted by atomic mass is 16.4. The number of carbonyl (C=O) groups excluding carboxylic acids is 2. The van der Waals surface area contributed by atoms with Crippen molar-refractivity contribution in [2.24, 2.45) is 0 Å². The first-order valence-corrected chi connectivity index (χ1v) is 15.3. The molecule has 0 unspecified atom stereocenters. The number of Topliss-reactive ketones (excluding diaryl/α,β-unsaturated/α-hetero) is 1. The number of oxazole rings is 1. The number of imidazole rings is 1. The zero-order valence-corrected chi connectivity index (χ0v) is 26.5. The number of ketones is 1. The van der Waals surface area contributed by atoms with Crippen LogP contribution in [0.4, 0.5) is 0 Å². The number of rotatable bonds is 0. The lowest BCUT2D eigenvalue weighted by molar-refractivity contribution is -0.121. The molecule has 6 aromatic rings. The van der Waals surface area contributed by atoms with Crippen LogP contribution in [0.1, 0.15) is 58.3 Å². The first kappa shape index (κ1) is 32.0. The van der Waals surface area contributed by atoms with Crippen molar-refractivity contribution in [3.8, 4) is 0 Å². The number of fused-ring (bicyclic) bond motifs is 4. The van der Waals surface area contributed by atoms with E-state index in [1.54, 1.807) is 0 Å². The molecule has 1 atom stereocenters. The Morgan fingerprint density at radius 3 is 2.17 bits per heavy atom. The van der Waals surface area contributed by atoms with Crippen LogP contribution in [0.25, 0.3) is 22.1 Å². The Kier molecular flexibility index (Phi) is 9.81. The number of hydrogen-bond donors (Lipinski definition) is 4. The molecule has 9 nitrogen and oxygen atoms in total. The maximum absolute atomic E-state index is 11.1. The molecule has 0 fully saturated rings. The van der Waals surface area contributed by atoms with E-state index in [1.165, 1.54) is 22.3 Å². The maximum atomic E-state index is 11.1. The second-order valence-corrected chi connectivity index (χ2v) is 11.7. The Bertz CT molecular complexity index is 2050. The Hall–Kier alpha value is -5.44. The van der Waals surface area contributed by atoms with Gasteiger partial charge in [0, 0.05) is 12.8 Å². The van der Waals surface area contributed by atoms with Gasteiger partial charge in [0.2, 0.25) is 5.91 Å². The Morgan fingerprint density at radius 1 is 0.674 bits per heavy atom. The molecule has 8 rings (SSSR count). The summed E-state index contributed by atoms with van der Waals surface area (Å²) < 4.78 is 4.89. The maximum Gasteiger partial charge on any atom is 0.417 e. The van der Waals surface area contributed by atoms with E-state index >= 15 is 0 Å². The predicted octanol–water partition coefficient (Wildman–Crippen LogP) is 6.07. The van der Waals surface area contributed by atoms with Crippen molar-refractivity contribution in [2.75, 3.05) is 0 Å². The molecule has 0 saturated carbocycles. The van der Waals surface area contributed by atoms with Gasteiger partial charge in [-0.25, -0.2) is 9.59 Å². The largest absolute Gasteiger partial charge is 0.417 e. The van der Waals surface area contributed by atoms with Crippen molar-refractivity contribution >= 4 is 33.8 Å². The first-order chi connectivity index (χ1) is 22.1. The van der Waals surface area contributed by atoms with Gasteiger partial charge in [0.1, 0.15) is 5.78 Å². The molecule has 1 amide bonds. The highest BCUT2D eigenvalue weighted by Crippen LogP contribution is 2.22. The fourth-order valence-electron chi connectivity index (χ4n) is 5.72. The minimum absolute atomic E-state index is 0.126. The third-order valence-corrected chi connectivity index (χ3v) is 8.08. The van der Waals surface area contributed by atoms with Gasteiger partial charge in [0.25, 0.3) is 0 Å². The molecule has 2 aliphatic rings. The van der Waals surface area contributed by atoms with Gasteiger partial charge in [0.15, 0.2) is 5.58 Å². The molecule has 4 aromatic carbocycles. The van der Waals surface area contributed by atoms with E-state index in [-0.39, 0.29) is 17.6 Å². The summed E-state index contributed by atoms with van der Waals surface area (Å²) in [5.74, 6) is 0.114. The molecule has 4 N–H and O–H groups in total. The summed E-state index contributed by atoms with van der Waals surface area (Å²) in [5.41, 5.74) is 11.4. The topological polar surface area (TPSA) is 141 Å². The van der Waals surface area contributed by atoms with Gasteiger partial charge < -0.3 is 19.7 Å². The van der Waals surface area contributed by atoms with Crippen molar-refractivity contribution in [3.05, 3.63) is 139 Å². The molecular weight excluding hydrogens is 580 g/mol. The van der Waals surface area contributed by atoms with Crippen LogP contribution in [0.2, 0.25) is 0 Å². The number of H-pyrrole nitrogens is 3. The lowest BCUT2D eigenvalue weighted by atomic mass is 9.90. The van der Waals surface area contributed by atoms with Crippen LogP contribution in [-0.4, -0.2) is 26.6 Å². The fraction of sp³-hybridized carbons (Fsp3) is 0.243. The monoisotopic (exact) mass is 618 g/mol. The number of para-hydroxylation sites is 2. The van der Waals surface area contributed by atoms with Crippen molar-refractivity contribution in [3.63, 3.8) is 0 Å². The highest BCUT2D eigenvalue weighted by molar-refractivity contribution is 5.83. The summed E-state index contributed by atoms with van der Waals surface area (Å²) in [4.78, 5) is 51.8. The second kappa shape index (κ2) is 14.1. The number of hydrogen-bond acceptors (Lipinski definition) is 5.